The van der Waals surface area contributed by atoms with E-state index >= 15 is 0 Å². The highest BCUT2D eigenvalue weighted by Gasteiger charge is 2.33. The van der Waals surface area contributed by atoms with Crippen LogP contribution >= 0.6 is 34.8 Å². The van der Waals surface area contributed by atoms with Gasteiger partial charge in [-0.3, -0.25) is 13.9 Å². The molecule has 196 valence electrons. The Morgan fingerprint density at radius 3 is 2.11 bits per heavy atom. The van der Waals surface area contributed by atoms with E-state index in [-0.39, 0.29) is 28.7 Å². The Kier molecular flexibility index (Phi) is 9.84. The molecule has 11 heteroatoms. The molecule has 0 unspecified atom stereocenters. The maximum Gasteiger partial charge on any atom is 0.244 e. The Morgan fingerprint density at radius 1 is 0.892 bits per heavy atom. The molecule has 0 bridgehead atoms. The van der Waals surface area contributed by atoms with Crippen LogP contribution in [0.3, 0.4) is 0 Å². The molecule has 7 nitrogen and oxygen atoms in total. The van der Waals surface area contributed by atoms with E-state index in [0.717, 1.165) is 16.1 Å². The highest BCUT2D eigenvalue weighted by Crippen LogP contribution is 2.31. The first kappa shape index (κ1) is 28.8. The van der Waals surface area contributed by atoms with Crippen LogP contribution in [0.2, 0.25) is 15.1 Å². The molecule has 3 aromatic carbocycles. The van der Waals surface area contributed by atoms with Crippen LogP contribution in [0, 0.1) is 0 Å². The first-order chi connectivity index (χ1) is 17.5. The lowest BCUT2D eigenvalue weighted by Crippen LogP contribution is -2.52. The van der Waals surface area contributed by atoms with Crippen molar-refractivity contribution >= 4 is 62.3 Å². The molecular weight excluding hydrogens is 557 g/mol. The van der Waals surface area contributed by atoms with Gasteiger partial charge in [-0.05, 0) is 41.5 Å². The van der Waals surface area contributed by atoms with Crippen molar-refractivity contribution in [3.8, 4) is 0 Å². The van der Waals surface area contributed by atoms with Crippen molar-refractivity contribution in [1.82, 2.24) is 10.2 Å². The maximum absolute atomic E-state index is 13.8. The van der Waals surface area contributed by atoms with Crippen LogP contribution in [-0.4, -0.2) is 51.0 Å². The highest BCUT2D eigenvalue weighted by molar-refractivity contribution is 7.92. The largest absolute Gasteiger partial charge is 0.357 e. The van der Waals surface area contributed by atoms with Crippen molar-refractivity contribution in [3.63, 3.8) is 0 Å². The molecule has 0 aromatic heterocycles. The molecule has 0 aliphatic rings. The van der Waals surface area contributed by atoms with Crippen molar-refractivity contribution in [2.24, 2.45) is 0 Å². The molecular formula is C26H26Cl3N3O4S. The van der Waals surface area contributed by atoms with Crippen molar-refractivity contribution in [3.05, 3.63) is 99.0 Å². The molecule has 0 heterocycles. The predicted molar refractivity (Wildman–Crippen MR) is 149 cm³/mol. The van der Waals surface area contributed by atoms with Gasteiger partial charge in [-0.25, -0.2) is 8.42 Å². The van der Waals surface area contributed by atoms with Gasteiger partial charge in [-0.2, -0.15) is 0 Å². The van der Waals surface area contributed by atoms with Crippen molar-refractivity contribution < 1.29 is 18.0 Å². The van der Waals surface area contributed by atoms with Crippen molar-refractivity contribution in [2.75, 3.05) is 24.2 Å². The third kappa shape index (κ3) is 7.85. The van der Waals surface area contributed by atoms with Crippen LogP contribution in [0.1, 0.15) is 11.1 Å². The van der Waals surface area contributed by atoms with Gasteiger partial charge in [0, 0.05) is 30.1 Å². The predicted octanol–water partition coefficient (Wildman–Crippen LogP) is 4.80. The molecule has 0 saturated heterocycles. The number of likely N-dealkylation sites (N-methyl/N-ethyl adjacent to an activating group) is 1. The normalized spacial score (nSPS) is 12.0. The lowest BCUT2D eigenvalue weighted by Gasteiger charge is -2.33. The van der Waals surface area contributed by atoms with Crippen LogP contribution in [0.4, 0.5) is 5.69 Å². The molecule has 0 fully saturated rings. The summed E-state index contributed by atoms with van der Waals surface area (Å²) in [6, 6.07) is 19.5. The summed E-state index contributed by atoms with van der Waals surface area (Å²) in [5.74, 6) is -0.987. The Hall–Kier alpha value is -2.78. The standard InChI is InChI=1S/C26H26Cl3N3O4S/c1-30-26(34)24(14-18-6-4-3-5-7-18)31(16-19-8-10-20(27)11-9-19)25(33)17-32(37(2,35)36)23-15-21(28)12-13-22(23)29/h3-13,15,24H,14,16-17H2,1-2H3,(H,30,34)/t24-/m1/s1. The number of nitrogens with one attached hydrogen (secondary N) is 1. The van der Waals surface area contributed by atoms with E-state index in [9.17, 15) is 18.0 Å². The lowest BCUT2D eigenvalue weighted by molar-refractivity contribution is -0.139. The number of rotatable bonds is 10. The zero-order valence-electron chi connectivity index (χ0n) is 20.2. The van der Waals surface area contributed by atoms with E-state index in [0.29, 0.717) is 10.6 Å². The molecule has 1 atom stereocenters. The van der Waals surface area contributed by atoms with Gasteiger partial charge in [0.15, 0.2) is 0 Å². The smallest absolute Gasteiger partial charge is 0.244 e. The van der Waals surface area contributed by atoms with E-state index in [1.807, 2.05) is 30.3 Å². The number of nitrogens with zero attached hydrogens (tertiary/aromatic N) is 2. The Labute approximate surface area is 232 Å². The summed E-state index contributed by atoms with van der Waals surface area (Å²) in [5.41, 5.74) is 1.62. The van der Waals surface area contributed by atoms with E-state index in [4.69, 9.17) is 34.8 Å². The third-order valence-corrected chi connectivity index (χ3v) is 7.57. The second-order valence-corrected chi connectivity index (χ2v) is 11.5. The number of hydrogen-bond acceptors (Lipinski definition) is 4. The number of hydrogen-bond donors (Lipinski definition) is 1. The lowest BCUT2D eigenvalue weighted by atomic mass is 10.0. The second-order valence-electron chi connectivity index (χ2n) is 8.33. The summed E-state index contributed by atoms with van der Waals surface area (Å²) in [6.45, 7) is -0.545. The van der Waals surface area contributed by atoms with Crippen LogP contribution in [0.15, 0.2) is 72.8 Å². The summed E-state index contributed by atoms with van der Waals surface area (Å²) >= 11 is 18.4. The van der Waals surface area contributed by atoms with E-state index in [2.05, 4.69) is 5.32 Å². The summed E-state index contributed by atoms with van der Waals surface area (Å²) < 4.78 is 26.4. The van der Waals surface area contributed by atoms with Gasteiger partial charge in [0.25, 0.3) is 0 Å². The number of sulfonamides is 1. The fourth-order valence-corrected chi connectivity index (χ4v) is 5.19. The number of carbonyl (C=O) groups is 2. The number of carbonyl (C=O) groups excluding carboxylic acids is 2. The molecule has 0 aliphatic carbocycles. The summed E-state index contributed by atoms with van der Waals surface area (Å²) in [6.07, 6.45) is 1.19. The highest BCUT2D eigenvalue weighted by atomic mass is 35.5. The minimum absolute atomic E-state index is 0.0435. The van der Waals surface area contributed by atoms with Crippen molar-refractivity contribution in [2.45, 2.75) is 19.0 Å². The Balaban J connectivity index is 2.04. The van der Waals surface area contributed by atoms with Gasteiger partial charge >= 0.3 is 0 Å². The molecule has 0 saturated carbocycles. The molecule has 1 N–H and O–H groups in total. The van der Waals surface area contributed by atoms with Gasteiger partial charge in [0.05, 0.1) is 17.0 Å². The van der Waals surface area contributed by atoms with Gasteiger partial charge in [-0.1, -0.05) is 77.3 Å². The van der Waals surface area contributed by atoms with E-state index < -0.39 is 34.4 Å². The van der Waals surface area contributed by atoms with Gasteiger partial charge in [0.2, 0.25) is 21.8 Å². The topological polar surface area (TPSA) is 86.8 Å². The van der Waals surface area contributed by atoms with Crippen LogP contribution < -0.4 is 9.62 Å². The van der Waals surface area contributed by atoms with Crippen LogP contribution in [0.5, 0.6) is 0 Å². The maximum atomic E-state index is 13.8. The molecule has 0 spiro atoms. The van der Waals surface area contributed by atoms with E-state index in [1.165, 1.54) is 30.1 Å². The monoisotopic (exact) mass is 581 g/mol. The number of benzene rings is 3. The van der Waals surface area contributed by atoms with Crippen LogP contribution in [-0.2, 0) is 32.6 Å². The Bertz CT molecular complexity index is 1350. The van der Waals surface area contributed by atoms with Crippen LogP contribution in [0.25, 0.3) is 0 Å². The first-order valence-corrected chi connectivity index (χ1v) is 14.2. The minimum atomic E-state index is -3.95. The number of anilines is 1. The van der Waals surface area contributed by atoms with Gasteiger partial charge in [-0.15, -0.1) is 0 Å². The second kappa shape index (κ2) is 12.6. The molecule has 0 radical (unpaired) electrons. The molecule has 37 heavy (non-hydrogen) atoms. The van der Waals surface area contributed by atoms with E-state index in [1.54, 1.807) is 24.3 Å². The quantitative estimate of drug-likeness (QED) is 0.372. The summed E-state index contributed by atoms with van der Waals surface area (Å²) in [7, 11) is -2.46. The zero-order chi connectivity index (χ0) is 27.2. The average molecular weight is 583 g/mol. The molecule has 0 aliphatic heterocycles. The zero-order valence-corrected chi connectivity index (χ0v) is 23.3. The molecule has 3 rings (SSSR count). The number of halogens is 3. The third-order valence-electron chi connectivity index (χ3n) is 5.64. The molecule has 2 amide bonds. The van der Waals surface area contributed by atoms with Gasteiger partial charge in [0.1, 0.15) is 12.6 Å². The SMILES string of the molecule is CNC(=O)[C@@H](Cc1ccccc1)N(Cc1ccc(Cl)cc1)C(=O)CN(c1cc(Cl)ccc1Cl)S(C)(=O)=O. The fraction of sp³-hybridized carbons (Fsp3) is 0.231. The van der Waals surface area contributed by atoms with Gasteiger partial charge < -0.3 is 10.2 Å². The summed E-state index contributed by atoms with van der Waals surface area (Å²) in [5, 5.41) is 3.51. The fourth-order valence-electron chi connectivity index (χ4n) is 3.78. The number of amides is 2. The van der Waals surface area contributed by atoms with Crippen molar-refractivity contribution in [1.29, 1.82) is 0 Å². The minimum Gasteiger partial charge on any atom is -0.357 e. The first-order valence-electron chi connectivity index (χ1n) is 11.2. The Morgan fingerprint density at radius 2 is 1.51 bits per heavy atom. The average Bonchev–Trinajstić information content (AvgIpc) is 2.86. The molecule has 3 aromatic rings. The summed E-state index contributed by atoms with van der Waals surface area (Å²) in [4.78, 5) is 28.3.